The van der Waals surface area contributed by atoms with Crippen LogP contribution in [0.3, 0.4) is 0 Å². The van der Waals surface area contributed by atoms with Gasteiger partial charge in [-0.2, -0.15) is 0 Å². The minimum absolute atomic E-state index is 0.119. The van der Waals surface area contributed by atoms with Gasteiger partial charge >= 0.3 is 0 Å². The van der Waals surface area contributed by atoms with Crippen LogP contribution in [0, 0.1) is 6.92 Å². The summed E-state index contributed by atoms with van der Waals surface area (Å²) in [6.07, 6.45) is 0. The third-order valence-corrected chi connectivity index (χ3v) is 4.10. The molecular weight excluding hydrogens is 260 g/mol. The van der Waals surface area contributed by atoms with Crippen molar-refractivity contribution in [2.75, 3.05) is 23.8 Å². The molecule has 0 fully saturated rings. The zero-order chi connectivity index (χ0) is 15.0. The fourth-order valence-corrected chi connectivity index (χ4v) is 3.15. The van der Waals surface area contributed by atoms with E-state index in [4.69, 9.17) is 0 Å². The maximum absolute atomic E-state index is 4.62. The van der Waals surface area contributed by atoms with Crippen molar-refractivity contribution >= 4 is 11.6 Å². The number of hydrogen-bond donors (Lipinski definition) is 1. The average molecular weight is 282 g/mol. The van der Waals surface area contributed by atoms with Gasteiger partial charge in [0.25, 0.3) is 0 Å². The second-order valence-electron chi connectivity index (χ2n) is 6.31. The molecule has 110 valence electrons. The third-order valence-electron chi connectivity index (χ3n) is 4.10. The molecule has 1 aromatic carbocycles. The van der Waals surface area contributed by atoms with Gasteiger partial charge in [0.2, 0.25) is 0 Å². The Morgan fingerprint density at radius 3 is 2.71 bits per heavy atom. The first-order valence-electron chi connectivity index (χ1n) is 7.36. The number of anilines is 2. The maximum Gasteiger partial charge on any atom is 0.134 e. The van der Waals surface area contributed by atoms with Gasteiger partial charge in [0.15, 0.2) is 0 Å². The molecular formula is C17H22N4. The Kier molecular flexibility index (Phi) is 3.32. The highest BCUT2D eigenvalue weighted by atomic mass is 15.2. The number of aromatic nitrogens is 2. The van der Waals surface area contributed by atoms with Gasteiger partial charge in [0, 0.05) is 31.6 Å². The molecule has 21 heavy (non-hydrogen) atoms. The van der Waals surface area contributed by atoms with Crippen molar-refractivity contribution in [3.05, 3.63) is 47.3 Å². The summed E-state index contributed by atoms with van der Waals surface area (Å²) in [5.74, 6) is 2.66. The highest BCUT2D eigenvalue weighted by Crippen LogP contribution is 2.35. The fourth-order valence-electron chi connectivity index (χ4n) is 3.15. The van der Waals surface area contributed by atoms with Gasteiger partial charge in [-0.05, 0) is 18.1 Å². The number of rotatable bonds is 2. The summed E-state index contributed by atoms with van der Waals surface area (Å²) in [7, 11) is 1.89. The molecule has 0 amide bonds. The lowest BCUT2D eigenvalue weighted by Crippen LogP contribution is -2.42. The first kappa shape index (κ1) is 13.9. The van der Waals surface area contributed by atoms with Gasteiger partial charge in [-0.15, -0.1) is 0 Å². The lowest BCUT2D eigenvalue weighted by molar-refractivity contribution is 0.474. The van der Waals surface area contributed by atoms with Gasteiger partial charge < -0.3 is 10.2 Å². The quantitative estimate of drug-likeness (QED) is 0.919. The van der Waals surface area contributed by atoms with E-state index in [1.807, 2.05) is 20.0 Å². The van der Waals surface area contributed by atoms with Crippen molar-refractivity contribution in [3.63, 3.8) is 0 Å². The van der Waals surface area contributed by atoms with Gasteiger partial charge in [0.05, 0.1) is 0 Å². The van der Waals surface area contributed by atoms with Crippen LogP contribution in [0.1, 0.15) is 30.8 Å². The highest BCUT2D eigenvalue weighted by molar-refractivity contribution is 5.52. The molecule has 0 radical (unpaired) electrons. The Morgan fingerprint density at radius 1 is 1.19 bits per heavy atom. The molecule has 0 spiro atoms. The van der Waals surface area contributed by atoms with E-state index in [9.17, 15) is 0 Å². The van der Waals surface area contributed by atoms with Crippen LogP contribution in [0.25, 0.3) is 0 Å². The summed E-state index contributed by atoms with van der Waals surface area (Å²) in [5, 5.41) is 3.11. The van der Waals surface area contributed by atoms with E-state index in [-0.39, 0.29) is 5.41 Å². The Morgan fingerprint density at radius 2 is 1.95 bits per heavy atom. The van der Waals surface area contributed by atoms with E-state index >= 15 is 0 Å². The average Bonchev–Trinajstić information content (AvgIpc) is 2.46. The third kappa shape index (κ3) is 2.58. The number of aryl methyl sites for hydroxylation is 1. The first-order valence-corrected chi connectivity index (χ1v) is 7.36. The monoisotopic (exact) mass is 282 g/mol. The van der Waals surface area contributed by atoms with Gasteiger partial charge in [-0.25, -0.2) is 9.97 Å². The molecule has 0 bridgehead atoms. The number of benzene rings is 1. The van der Waals surface area contributed by atoms with Gasteiger partial charge in [0.1, 0.15) is 17.5 Å². The van der Waals surface area contributed by atoms with E-state index in [0.29, 0.717) is 0 Å². The topological polar surface area (TPSA) is 41.0 Å². The molecule has 3 rings (SSSR count). The maximum atomic E-state index is 4.62. The minimum atomic E-state index is 0.119. The van der Waals surface area contributed by atoms with E-state index in [1.165, 1.54) is 11.1 Å². The largest absolute Gasteiger partial charge is 0.373 e. The summed E-state index contributed by atoms with van der Waals surface area (Å²) in [5.41, 5.74) is 2.95. The molecule has 1 aliphatic rings. The van der Waals surface area contributed by atoms with Crippen LogP contribution in [-0.2, 0) is 12.0 Å². The molecule has 1 N–H and O–H groups in total. The molecule has 1 aromatic heterocycles. The number of fused-ring (bicyclic) bond motifs is 1. The molecule has 4 heteroatoms. The Labute approximate surface area is 126 Å². The lowest BCUT2D eigenvalue weighted by atomic mass is 9.78. The zero-order valence-electron chi connectivity index (χ0n) is 13.1. The molecule has 0 unspecified atom stereocenters. The number of nitrogens with zero attached hydrogens (tertiary/aromatic N) is 3. The van der Waals surface area contributed by atoms with Crippen LogP contribution in [0.2, 0.25) is 0 Å². The Balaban J connectivity index is 2.01. The summed E-state index contributed by atoms with van der Waals surface area (Å²) < 4.78 is 0. The molecule has 0 saturated heterocycles. The van der Waals surface area contributed by atoms with Crippen molar-refractivity contribution in [1.29, 1.82) is 0 Å². The molecule has 1 aliphatic heterocycles. The summed E-state index contributed by atoms with van der Waals surface area (Å²) >= 11 is 0. The van der Waals surface area contributed by atoms with Crippen LogP contribution in [0.4, 0.5) is 11.6 Å². The highest BCUT2D eigenvalue weighted by Gasteiger charge is 2.32. The molecule has 2 aromatic rings. The fraction of sp³-hybridized carbons (Fsp3) is 0.412. The van der Waals surface area contributed by atoms with Gasteiger partial charge in [-0.3, -0.25) is 0 Å². The number of hydrogen-bond acceptors (Lipinski definition) is 4. The molecule has 0 saturated carbocycles. The first-order chi connectivity index (χ1) is 9.99. The van der Waals surface area contributed by atoms with E-state index < -0.39 is 0 Å². The van der Waals surface area contributed by atoms with Crippen LogP contribution >= 0.6 is 0 Å². The van der Waals surface area contributed by atoms with E-state index in [0.717, 1.165) is 30.5 Å². The molecule has 4 nitrogen and oxygen atoms in total. The van der Waals surface area contributed by atoms with Crippen molar-refractivity contribution in [2.45, 2.75) is 32.7 Å². The molecule has 0 atom stereocenters. The normalized spacial score (nSPS) is 16.5. The van der Waals surface area contributed by atoms with Crippen LogP contribution < -0.4 is 10.2 Å². The van der Waals surface area contributed by atoms with Crippen LogP contribution in [0.5, 0.6) is 0 Å². The standard InChI is InChI=1S/C17H22N4/c1-12-19-15(18-4)9-16(20-12)21-10-13-7-5-6-8-14(13)17(2,3)11-21/h5-9H,10-11H2,1-4H3,(H,18,19,20). The van der Waals surface area contributed by atoms with E-state index in [2.05, 4.69) is 58.3 Å². The second-order valence-corrected chi connectivity index (χ2v) is 6.31. The second kappa shape index (κ2) is 5.02. The SMILES string of the molecule is CNc1cc(N2Cc3ccccc3C(C)(C)C2)nc(C)n1. The predicted octanol–water partition coefficient (Wildman–Crippen LogP) is 3.12. The van der Waals surface area contributed by atoms with Crippen molar-refractivity contribution in [3.8, 4) is 0 Å². The smallest absolute Gasteiger partial charge is 0.134 e. The van der Waals surface area contributed by atoms with Crippen molar-refractivity contribution < 1.29 is 0 Å². The minimum Gasteiger partial charge on any atom is -0.373 e. The lowest BCUT2D eigenvalue weighted by Gasteiger charge is -2.40. The zero-order valence-corrected chi connectivity index (χ0v) is 13.1. The molecule has 2 heterocycles. The van der Waals surface area contributed by atoms with Crippen molar-refractivity contribution in [1.82, 2.24) is 9.97 Å². The summed E-state index contributed by atoms with van der Waals surface area (Å²) in [4.78, 5) is 11.3. The van der Waals surface area contributed by atoms with Gasteiger partial charge in [-0.1, -0.05) is 38.1 Å². The van der Waals surface area contributed by atoms with Crippen LogP contribution in [-0.4, -0.2) is 23.6 Å². The van der Waals surface area contributed by atoms with Crippen LogP contribution in [0.15, 0.2) is 30.3 Å². The summed E-state index contributed by atoms with van der Waals surface area (Å²) in [6, 6.07) is 10.7. The number of nitrogens with one attached hydrogen (secondary N) is 1. The van der Waals surface area contributed by atoms with Crippen molar-refractivity contribution in [2.24, 2.45) is 0 Å². The Hall–Kier alpha value is -2.10. The van der Waals surface area contributed by atoms with E-state index in [1.54, 1.807) is 0 Å². The molecule has 0 aliphatic carbocycles. The Bertz CT molecular complexity index is 664. The predicted molar refractivity (Wildman–Crippen MR) is 86.8 cm³/mol. The summed E-state index contributed by atoms with van der Waals surface area (Å²) in [6.45, 7) is 8.40.